The van der Waals surface area contributed by atoms with E-state index in [-0.39, 0.29) is 11.7 Å². The number of carbonyl (C=O) groups excluding carboxylic acids is 1. The number of allylic oxidation sites excluding steroid dienone is 1. The van der Waals surface area contributed by atoms with Crippen molar-refractivity contribution in [3.63, 3.8) is 0 Å². The highest BCUT2D eigenvalue weighted by Crippen LogP contribution is 2.32. The third-order valence-electron chi connectivity index (χ3n) is 1.25. The van der Waals surface area contributed by atoms with Crippen molar-refractivity contribution < 1.29 is 4.79 Å². The van der Waals surface area contributed by atoms with Gasteiger partial charge in [0.15, 0.2) is 5.78 Å². The Kier molecular flexibility index (Phi) is 1.73. The number of carbonyl (C=O) groups is 1. The number of Topliss-reactive ketones (excluding diaryl/α,β-unsaturated/α-hetero) is 1. The second-order valence-corrected chi connectivity index (χ2v) is 3.77. The lowest BCUT2D eigenvalue weighted by atomic mass is 10.1. The van der Waals surface area contributed by atoms with Gasteiger partial charge in [0, 0.05) is 4.91 Å². The first-order valence-corrected chi connectivity index (χ1v) is 3.80. The van der Waals surface area contributed by atoms with Crippen molar-refractivity contribution in [2.45, 2.75) is 6.92 Å². The minimum Gasteiger partial charge on any atom is -0.293 e. The van der Waals surface area contributed by atoms with Crippen molar-refractivity contribution in [1.29, 1.82) is 0 Å². The quantitative estimate of drug-likeness (QED) is 0.395. The van der Waals surface area contributed by atoms with Crippen molar-refractivity contribution in [3.05, 3.63) is 11.5 Å². The molecule has 48 valence electrons. The second-order valence-electron chi connectivity index (χ2n) is 1.93. The topological polar surface area (TPSA) is 17.1 Å². The summed E-state index contributed by atoms with van der Waals surface area (Å²) in [6.45, 7) is 5.38. The average molecular weight is 158 g/mol. The summed E-state index contributed by atoms with van der Waals surface area (Å²) in [5, 5.41) is 0. The van der Waals surface area contributed by atoms with E-state index in [0.717, 1.165) is 4.20 Å². The van der Waals surface area contributed by atoms with Gasteiger partial charge in [-0.2, -0.15) is 0 Å². The van der Waals surface area contributed by atoms with Crippen LogP contribution in [0.4, 0.5) is 0 Å². The van der Waals surface area contributed by atoms with Gasteiger partial charge in [0.25, 0.3) is 0 Å². The zero-order chi connectivity index (χ0) is 7.02. The lowest BCUT2D eigenvalue weighted by Crippen LogP contribution is -2.06. The normalized spacial score (nSPS) is 27.7. The van der Waals surface area contributed by atoms with Crippen LogP contribution in [0.3, 0.4) is 0 Å². The monoisotopic (exact) mass is 158 g/mol. The van der Waals surface area contributed by atoms with Crippen molar-refractivity contribution in [1.82, 2.24) is 0 Å². The molecule has 9 heavy (non-hydrogen) atoms. The van der Waals surface area contributed by atoms with E-state index in [0.29, 0.717) is 4.91 Å². The molecule has 0 bridgehead atoms. The lowest BCUT2D eigenvalue weighted by Gasteiger charge is -1.92. The Morgan fingerprint density at radius 1 is 1.78 bits per heavy atom. The molecular weight excluding hydrogens is 152 g/mol. The molecule has 0 spiro atoms. The maximum atomic E-state index is 10.9. The van der Waals surface area contributed by atoms with Crippen molar-refractivity contribution >= 4 is 34.0 Å². The standard InChI is InChI=1S/C6H6OS2/c1-3-5(7)4(2)9-6(3)8/h3H,2H2,1H3. The maximum absolute atomic E-state index is 10.9. The van der Waals surface area contributed by atoms with Gasteiger partial charge in [-0.25, -0.2) is 0 Å². The summed E-state index contributed by atoms with van der Waals surface area (Å²) < 4.78 is 0.755. The fourth-order valence-electron chi connectivity index (χ4n) is 0.609. The molecule has 0 N–H and O–H groups in total. The van der Waals surface area contributed by atoms with Gasteiger partial charge in [0.1, 0.15) is 0 Å². The number of ketones is 1. The average Bonchev–Trinajstić information content (AvgIpc) is 1.98. The van der Waals surface area contributed by atoms with Gasteiger partial charge in [-0.15, -0.1) is 0 Å². The van der Waals surface area contributed by atoms with Crippen molar-refractivity contribution in [2.24, 2.45) is 5.92 Å². The first-order chi connectivity index (χ1) is 4.13. The molecule has 0 aromatic carbocycles. The third-order valence-corrected chi connectivity index (χ3v) is 2.85. The Morgan fingerprint density at radius 2 is 2.33 bits per heavy atom. The summed E-state index contributed by atoms with van der Waals surface area (Å²) in [6.07, 6.45) is 0. The SMILES string of the molecule is C=C1SC(=S)C(C)C1=O. The first-order valence-electron chi connectivity index (χ1n) is 2.57. The van der Waals surface area contributed by atoms with E-state index in [1.807, 2.05) is 6.92 Å². The largest absolute Gasteiger partial charge is 0.293 e. The van der Waals surface area contributed by atoms with E-state index >= 15 is 0 Å². The molecule has 1 aliphatic rings. The highest BCUT2D eigenvalue weighted by atomic mass is 32.2. The number of thioether (sulfide) groups is 1. The Labute approximate surface area is 63.5 Å². The first kappa shape index (κ1) is 6.96. The molecule has 1 aliphatic heterocycles. The summed E-state index contributed by atoms with van der Waals surface area (Å²) in [5.74, 6) is 0.00231. The molecule has 1 nitrogen and oxygen atoms in total. The molecule has 3 heteroatoms. The van der Waals surface area contributed by atoms with Gasteiger partial charge in [-0.1, -0.05) is 30.6 Å². The van der Waals surface area contributed by atoms with Crippen LogP contribution in [0.2, 0.25) is 0 Å². The number of hydrogen-bond donors (Lipinski definition) is 0. The minimum absolute atomic E-state index is 0.0856. The van der Waals surface area contributed by atoms with Gasteiger partial charge < -0.3 is 0 Å². The van der Waals surface area contributed by atoms with Crippen LogP contribution in [0.25, 0.3) is 0 Å². The van der Waals surface area contributed by atoms with E-state index in [4.69, 9.17) is 12.2 Å². The summed E-state index contributed by atoms with van der Waals surface area (Å²) in [5.41, 5.74) is 0. The summed E-state index contributed by atoms with van der Waals surface area (Å²) >= 11 is 6.20. The highest BCUT2D eigenvalue weighted by molar-refractivity contribution is 8.27. The molecule has 0 aromatic heterocycles. The van der Waals surface area contributed by atoms with Gasteiger partial charge in [-0.3, -0.25) is 4.79 Å². The summed E-state index contributed by atoms with van der Waals surface area (Å²) in [6, 6.07) is 0. The third kappa shape index (κ3) is 1.07. The number of rotatable bonds is 0. The highest BCUT2D eigenvalue weighted by Gasteiger charge is 2.29. The van der Waals surface area contributed by atoms with E-state index in [1.165, 1.54) is 11.8 Å². The van der Waals surface area contributed by atoms with Crippen LogP contribution in [-0.4, -0.2) is 9.98 Å². The van der Waals surface area contributed by atoms with Crippen LogP contribution in [0.15, 0.2) is 11.5 Å². The van der Waals surface area contributed by atoms with Gasteiger partial charge in [0.2, 0.25) is 0 Å². The Hall–Kier alpha value is -0.150. The van der Waals surface area contributed by atoms with Crippen LogP contribution < -0.4 is 0 Å². The van der Waals surface area contributed by atoms with Gasteiger partial charge >= 0.3 is 0 Å². The van der Waals surface area contributed by atoms with Crippen LogP contribution in [0.5, 0.6) is 0 Å². The molecule has 1 fully saturated rings. The maximum Gasteiger partial charge on any atom is 0.177 e. The zero-order valence-electron chi connectivity index (χ0n) is 5.01. The number of thiocarbonyl (C=S) groups is 1. The van der Waals surface area contributed by atoms with Gasteiger partial charge in [0.05, 0.1) is 10.1 Å². The van der Waals surface area contributed by atoms with E-state index in [9.17, 15) is 4.79 Å². The molecule has 1 heterocycles. The fraction of sp³-hybridized carbons (Fsp3) is 0.333. The van der Waals surface area contributed by atoms with Crippen LogP contribution in [-0.2, 0) is 4.79 Å². The molecule has 0 radical (unpaired) electrons. The molecule has 0 aromatic rings. The molecule has 1 saturated heterocycles. The fourth-order valence-corrected chi connectivity index (χ4v) is 1.82. The lowest BCUT2D eigenvalue weighted by molar-refractivity contribution is -0.115. The molecule has 1 atom stereocenters. The predicted octanol–water partition coefficient (Wildman–Crippen LogP) is 1.78. The van der Waals surface area contributed by atoms with Crippen LogP contribution in [0.1, 0.15) is 6.92 Å². The Morgan fingerprint density at radius 3 is 2.44 bits per heavy atom. The molecule has 0 aliphatic carbocycles. The smallest absolute Gasteiger partial charge is 0.177 e. The molecule has 0 saturated carbocycles. The summed E-state index contributed by atoms with van der Waals surface area (Å²) in [4.78, 5) is 11.5. The number of hydrogen-bond acceptors (Lipinski definition) is 3. The van der Waals surface area contributed by atoms with E-state index in [1.54, 1.807) is 0 Å². The predicted molar refractivity (Wildman–Crippen MR) is 43.5 cm³/mol. The molecular formula is C6H6OS2. The van der Waals surface area contributed by atoms with Crippen LogP contribution >= 0.6 is 24.0 Å². The minimum atomic E-state index is -0.0856. The van der Waals surface area contributed by atoms with E-state index < -0.39 is 0 Å². The van der Waals surface area contributed by atoms with Crippen molar-refractivity contribution in [3.8, 4) is 0 Å². The second kappa shape index (κ2) is 2.23. The van der Waals surface area contributed by atoms with Crippen LogP contribution in [0, 0.1) is 5.92 Å². The zero-order valence-corrected chi connectivity index (χ0v) is 6.64. The molecule has 0 amide bonds. The molecule has 1 rings (SSSR count). The van der Waals surface area contributed by atoms with Gasteiger partial charge in [-0.05, 0) is 6.92 Å². The van der Waals surface area contributed by atoms with E-state index in [2.05, 4.69) is 6.58 Å². The summed E-state index contributed by atoms with van der Waals surface area (Å²) in [7, 11) is 0. The van der Waals surface area contributed by atoms with Crippen molar-refractivity contribution in [2.75, 3.05) is 0 Å². The molecule has 1 unspecified atom stereocenters. The Balaban J connectivity index is 2.90. The Bertz CT molecular complexity index is 195.